The second kappa shape index (κ2) is 8.31. The summed E-state index contributed by atoms with van der Waals surface area (Å²) in [5.41, 5.74) is 2.61. The number of nitrogens with zero attached hydrogens (tertiary/aromatic N) is 2. The Balaban J connectivity index is 1.63. The topological polar surface area (TPSA) is 42.4 Å². The number of benzene rings is 2. The van der Waals surface area contributed by atoms with Crippen LogP contribution in [0.25, 0.3) is 10.6 Å². The molecular weight excluding hydrogens is 363 g/mol. The predicted octanol–water partition coefficient (Wildman–Crippen LogP) is 4.72. The van der Waals surface area contributed by atoms with Crippen LogP contribution in [0.3, 0.4) is 0 Å². The molecule has 0 saturated carbocycles. The largest absolute Gasteiger partial charge is 0.492 e. The number of ether oxygens (including phenoxy) is 1. The third-order valence-corrected chi connectivity index (χ3v) is 5.31. The summed E-state index contributed by atoms with van der Waals surface area (Å²) in [7, 11) is 1.75. The molecule has 0 aliphatic rings. The van der Waals surface area contributed by atoms with Gasteiger partial charge in [0.2, 0.25) is 0 Å². The zero-order valence-electron chi connectivity index (χ0n) is 15.5. The molecule has 0 bridgehead atoms. The van der Waals surface area contributed by atoms with E-state index >= 15 is 0 Å². The van der Waals surface area contributed by atoms with Crippen LogP contribution in [0.15, 0.2) is 48.5 Å². The van der Waals surface area contributed by atoms with Crippen molar-refractivity contribution in [2.24, 2.45) is 0 Å². The molecule has 27 heavy (non-hydrogen) atoms. The monoisotopic (exact) mass is 384 g/mol. The Morgan fingerprint density at radius 3 is 2.63 bits per heavy atom. The number of amides is 1. The van der Waals surface area contributed by atoms with E-state index in [1.165, 1.54) is 23.5 Å². The van der Waals surface area contributed by atoms with E-state index in [1.54, 1.807) is 24.1 Å². The van der Waals surface area contributed by atoms with Gasteiger partial charge in [0, 0.05) is 12.6 Å². The second-order valence-electron chi connectivity index (χ2n) is 6.33. The molecule has 0 atom stereocenters. The highest BCUT2D eigenvalue weighted by Gasteiger charge is 2.19. The fourth-order valence-corrected chi connectivity index (χ4v) is 3.66. The minimum Gasteiger partial charge on any atom is -0.492 e. The highest BCUT2D eigenvalue weighted by atomic mass is 32.1. The van der Waals surface area contributed by atoms with Crippen LogP contribution in [0.5, 0.6) is 5.75 Å². The number of aryl methyl sites for hydroxylation is 2. The molecule has 0 N–H and O–H groups in total. The van der Waals surface area contributed by atoms with Crippen LogP contribution >= 0.6 is 11.3 Å². The molecule has 1 heterocycles. The molecular formula is C21H21FN2O2S. The second-order valence-corrected chi connectivity index (χ2v) is 7.33. The first kappa shape index (κ1) is 19.0. The van der Waals surface area contributed by atoms with Crippen LogP contribution in [0.4, 0.5) is 4.39 Å². The molecule has 0 aliphatic heterocycles. The Kier molecular flexibility index (Phi) is 5.86. The number of carbonyl (C=O) groups excluding carboxylic acids is 1. The molecule has 6 heteroatoms. The molecule has 0 radical (unpaired) electrons. The van der Waals surface area contributed by atoms with E-state index in [2.05, 4.69) is 4.98 Å². The van der Waals surface area contributed by atoms with Crippen LogP contribution in [-0.4, -0.2) is 36.0 Å². The van der Waals surface area contributed by atoms with Gasteiger partial charge in [0.25, 0.3) is 5.91 Å². The molecule has 0 spiro atoms. The van der Waals surface area contributed by atoms with Gasteiger partial charge in [-0.2, -0.15) is 0 Å². The molecule has 1 aromatic heterocycles. The number of hydrogen-bond acceptors (Lipinski definition) is 4. The standard InChI is InChI=1S/C21H21FN2O2S/c1-14-5-4-6-18(13-14)26-12-11-24(3)21(25)19-15(2)23-20(27-19)16-7-9-17(22)10-8-16/h4-10,13H,11-12H2,1-3H3. The maximum Gasteiger partial charge on any atom is 0.265 e. The minimum atomic E-state index is -0.295. The van der Waals surface area contributed by atoms with Gasteiger partial charge < -0.3 is 9.64 Å². The first-order valence-electron chi connectivity index (χ1n) is 8.62. The number of aromatic nitrogens is 1. The van der Waals surface area contributed by atoms with Crippen LogP contribution < -0.4 is 4.74 Å². The zero-order chi connectivity index (χ0) is 19.4. The van der Waals surface area contributed by atoms with E-state index in [9.17, 15) is 9.18 Å². The lowest BCUT2D eigenvalue weighted by molar-refractivity contribution is 0.0777. The Morgan fingerprint density at radius 1 is 1.19 bits per heavy atom. The normalized spacial score (nSPS) is 10.7. The summed E-state index contributed by atoms with van der Waals surface area (Å²) in [4.78, 5) is 19.4. The predicted molar refractivity (Wildman–Crippen MR) is 106 cm³/mol. The lowest BCUT2D eigenvalue weighted by Gasteiger charge is -2.17. The van der Waals surface area contributed by atoms with Crippen molar-refractivity contribution in [1.29, 1.82) is 0 Å². The van der Waals surface area contributed by atoms with Crippen LogP contribution in [0.1, 0.15) is 20.9 Å². The molecule has 140 valence electrons. The molecule has 0 fully saturated rings. The van der Waals surface area contributed by atoms with E-state index in [1.807, 2.05) is 38.1 Å². The van der Waals surface area contributed by atoms with Crippen LogP contribution in [-0.2, 0) is 0 Å². The summed E-state index contributed by atoms with van der Waals surface area (Å²) in [5, 5.41) is 0.709. The summed E-state index contributed by atoms with van der Waals surface area (Å²) >= 11 is 1.32. The Bertz CT molecular complexity index is 938. The number of likely N-dealkylation sites (N-methyl/N-ethyl adjacent to an activating group) is 1. The molecule has 3 rings (SSSR count). The van der Waals surface area contributed by atoms with E-state index in [4.69, 9.17) is 4.74 Å². The third kappa shape index (κ3) is 4.71. The molecule has 0 saturated heterocycles. The van der Waals surface area contributed by atoms with Gasteiger partial charge in [0.05, 0.1) is 12.2 Å². The number of thiazole rings is 1. The van der Waals surface area contributed by atoms with Crippen molar-refractivity contribution in [1.82, 2.24) is 9.88 Å². The summed E-state index contributed by atoms with van der Waals surface area (Å²) in [6.07, 6.45) is 0. The smallest absolute Gasteiger partial charge is 0.265 e. The number of carbonyl (C=O) groups is 1. The molecule has 2 aromatic carbocycles. The molecule has 1 amide bonds. The van der Waals surface area contributed by atoms with Gasteiger partial charge in [0.15, 0.2) is 0 Å². The van der Waals surface area contributed by atoms with Gasteiger partial charge >= 0.3 is 0 Å². The van der Waals surface area contributed by atoms with Crippen LogP contribution in [0, 0.1) is 19.7 Å². The quantitative estimate of drug-likeness (QED) is 0.618. The zero-order valence-corrected chi connectivity index (χ0v) is 16.3. The van der Waals surface area contributed by atoms with Crippen molar-refractivity contribution < 1.29 is 13.9 Å². The van der Waals surface area contributed by atoms with Crippen molar-refractivity contribution >= 4 is 17.2 Å². The van der Waals surface area contributed by atoms with E-state index in [-0.39, 0.29) is 11.7 Å². The average molecular weight is 384 g/mol. The maximum atomic E-state index is 13.1. The van der Waals surface area contributed by atoms with Gasteiger partial charge in [-0.1, -0.05) is 12.1 Å². The lowest BCUT2D eigenvalue weighted by atomic mass is 10.2. The molecule has 3 aromatic rings. The number of rotatable bonds is 6. The van der Waals surface area contributed by atoms with Crippen molar-refractivity contribution in [3.8, 4) is 16.3 Å². The van der Waals surface area contributed by atoms with Gasteiger partial charge in [0.1, 0.15) is 28.1 Å². The van der Waals surface area contributed by atoms with Crippen molar-refractivity contribution in [2.75, 3.05) is 20.2 Å². The third-order valence-electron chi connectivity index (χ3n) is 4.11. The van der Waals surface area contributed by atoms with Gasteiger partial charge in [-0.25, -0.2) is 9.37 Å². The van der Waals surface area contributed by atoms with Crippen molar-refractivity contribution in [3.05, 3.63) is 70.5 Å². The Morgan fingerprint density at radius 2 is 1.93 bits per heavy atom. The first-order chi connectivity index (χ1) is 12.9. The molecule has 0 unspecified atom stereocenters. The maximum absolute atomic E-state index is 13.1. The summed E-state index contributed by atoms with van der Waals surface area (Å²) in [6, 6.07) is 13.9. The van der Waals surface area contributed by atoms with E-state index < -0.39 is 0 Å². The average Bonchev–Trinajstić information content (AvgIpc) is 3.03. The SMILES string of the molecule is Cc1cccc(OCCN(C)C(=O)c2sc(-c3ccc(F)cc3)nc2C)c1. The summed E-state index contributed by atoms with van der Waals surface area (Å²) in [6.45, 7) is 4.70. The minimum absolute atomic E-state index is 0.0915. The Labute approximate surface area is 162 Å². The Hall–Kier alpha value is -2.73. The highest BCUT2D eigenvalue weighted by Crippen LogP contribution is 2.28. The summed E-state index contributed by atoms with van der Waals surface area (Å²) in [5.74, 6) is 0.409. The van der Waals surface area contributed by atoms with Crippen molar-refractivity contribution in [3.63, 3.8) is 0 Å². The lowest BCUT2D eigenvalue weighted by Crippen LogP contribution is -2.30. The number of halogens is 1. The van der Waals surface area contributed by atoms with Gasteiger partial charge in [-0.3, -0.25) is 4.79 Å². The molecule has 0 aliphatic carbocycles. The van der Waals surface area contributed by atoms with Gasteiger partial charge in [-0.05, 0) is 55.8 Å². The van der Waals surface area contributed by atoms with Crippen molar-refractivity contribution in [2.45, 2.75) is 13.8 Å². The fourth-order valence-electron chi connectivity index (χ4n) is 2.59. The molecule has 4 nitrogen and oxygen atoms in total. The van der Waals surface area contributed by atoms with Gasteiger partial charge in [-0.15, -0.1) is 11.3 Å². The van der Waals surface area contributed by atoms with E-state index in [0.717, 1.165) is 16.9 Å². The highest BCUT2D eigenvalue weighted by molar-refractivity contribution is 7.17. The fraction of sp³-hybridized carbons (Fsp3) is 0.238. The first-order valence-corrected chi connectivity index (χ1v) is 9.44. The van der Waals surface area contributed by atoms with Crippen LogP contribution in [0.2, 0.25) is 0 Å². The summed E-state index contributed by atoms with van der Waals surface area (Å²) < 4.78 is 18.8. The number of hydrogen-bond donors (Lipinski definition) is 0. The van der Waals surface area contributed by atoms with E-state index in [0.29, 0.717) is 28.7 Å².